The summed E-state index contributed by atoms with van der Waals surface area (Å²) in [6, 6.07) is 5.92. The number of halogens is 4. The average molecular weight is 413 g/mol. The normalized spacial score (nSPS) is 11.5. The molecule has 11 heteroatoms. The van der Waals surface area contributed by atoms with E-state index < -0.39 is 46.8 Å². The number of anilines is 2. The van der Waals surface area contributed by atoms with Crippen LogP contribution in [0.2, 0.25) is 0 Å². The Kier molecular flexibility index (Phi) is 7.26. The number of nitrogens with one attached hydrogen (secondary N) is 4. The fourth-order valence-corrected chi connectivity index (χ4v) is 2.31. The van der Waals surface area contributed by atoms with Crippen molar-refractivity contribution in [1.29, 1.82) is 0 Å². The maximum atomic E-state index is 13.5. The van der Waals surface area contributed by atoms with E-state index in [0.717, 1.165) is 12.1 Å². The zero-order chi connectivity index (χ0) is 21.6. The summed E-state index contributed by atoms with van der Waals surface area (Å²) >= 11 is 0. The minimum atomic E-state index is -1.72. The first-order valence-electron chi connectivity index (χ1n) is 8.27. The van der Waals surface area contributed by atoms with Crippen molar-refractivity contribution in [3.8, 4) is 0 Å². The third kappa shape index (κ3) is 6.28. The van der Waals surface area contributed by atoms with Crippen molar-refractivity contribution in [3.05, 3.63) is 59.7 Å². The fraction of sp³-hybridized carbons (Fsp3) is 0.167. The van der Waals surface area contributed by atoms with Crippen LogP contribution in [0, 0.1) is 23.3 Å². The Labute approximate surface area is 162 Å². The van der Waals surface area contributed by atoms with Gasteiger partial charge in [-0.3, -0.25) is 14.9 Å². The number of rotatable bonds is 6. The highest BCUT2D eigenvalue weighted by Crippen LogP contribution is 2.19. The lowest BCUT2D eigenvalue weighted by Gasteiger charge is -2.14. The molecule has 0 radical (unpaired) electrons. The maximum Gasteiger partial charge on any atom is 0.326 e. The molecule has 0 saturated heterocycles. The molecule has 0 bridgehead atoms. The average Bonchev–Trinajstić information content (AvgIpc) is 2.63. The van der Waals surface area contributed by atoms with Crippen molar-refractivity contribution in [3.63, 3.8) is 0 Å². The van der Waals surface area contributed by atoms with Gasteiger partial charge in [0.1, 0.15) is 5.82 Å². The van der Waals surface area contributed by atoms with Gasteiger partial charge in [-0.25, -0.2) is 22.4 Å². The summed E-state index contributed by atoms with van der Waals surface area (Å²) in [6.07, 6.45) is 0. The van der Waals surface area contributed by atoms with Gasteiger partial charge in [0.2, 0.25) is 0 Å². The molecule has 154 valence electrons. The lowest BCUT2D eigenvalue weighted by Crippen LogP contribution is -3.11. The van der Waals surface area contributed by atoms with Crippen molar-refractivity contribution < 1.29 is 36.8 Å². The first kappa shape index (κ1) is 21.8. The molecule has 4 amide bonds. The van der Waals surface area contributed by atoms with Crippen LogP contribution < -0.4 is 20.9 Å². The number of carbonyl (C=O) groups excluding carboxylic acids is 3. The van der Waals surface area contributed by atoms with E-state index >= 15 is 0 Å². The van der Waals surface area contributed by atoms with Gasteiger partial charge in [0.05, 0.1) is 18.4 Å². The Morgan fingerprint density at radius 2 is 1.45 bits per heavy atom. The molecule has 4 N–H and O–H groups in total. The number of imide groups is 1. The highest BCUT2D eigenvalue weighted by atomic mass is 19.2. The lowest BCUT2D eigenvalue weighted by molar-refractivity contribution is -0.862. The number of hydrogen-bond donors (Lipinski definition) is 4. The van der Waals surface area contributed by atoms with Crippen LogP contribution in [0.1, 0.15) is 0 Å². The number of hydrogen-bond acceptors (Lipinski definition) is 3. The molecule has 29 heavy (non-hydrogen) atoms. The zero-order valence-corrected chi connectivity index (χ0v) is 15.1. The van der Waals surface area contributed by atoms with Crippen molar-refractivity contribution in [2.75, 3.05) is 30.8 Å². The number of urea groups is 1. The molecule has 0 aliphatic carbocycles. The molecule has 1 atom stereocenters. The molecular formula is C18H17F4N4O3+. The second kappa shape index (κ2) is 9.64. The number of benzene rings is 2. The summed E-state index contributed by atoms with van der Waals surface area (Å²) in [5, 5.41) is 6.20. The Morgan fingerprint density at radius 1 is 0.793 bits per heavy atom. The van der Waals surface area contributed by atoms with E-state index in [4.69, 9.17) is 0 Å². The highest BCUT2D eigenvalue weighted by Gasteiger charge is 2.19. The van der Waals surface area contributed by atoms with Crippen LogP contribution in [0.25, 0.3) is 0 Å². The van der Waals surface area contributed by atoms with Crippen LogP contribution >= 0.6 is 0 Å². The Balaban J connectivity index is 1.82. The number of amides is 4. The third-order valence-corrected chi connectivity index (χ3v) is 3.61. The van der Waals surface area contributed by atoms with Gasteiger partial charge in [-0.05, 0) is 24.3 Å². The van der Waals surface area contributed by atoms with Crippen LogP contribution in [-0.4, -0.2) is 38.0 Å². The van der Waals surface area contributed by atoms with Crippen molar-refractivity contribution >= 4 is 29.2 Å². The van der Waals surface area contributed by atoms with Crippen LogP contribution in [0.3, 0.4) is 0 Å². The van der Waals surface area contributed by atoms with E-state index in [1.54, 1.807) is 0 Å². The van der Waals surface area contributed by atoms with E-state index in [1.165, 1.54) is 25.2 Å². The number of para-hydroxylation sites is 1. The molecule has 1 unspecified atom stereocenters. The molecule has 7 nitrogen and oxygen atoms in total. The molecule has 2 rings (SSSR count). The topological polar surface area (TPSA) is 91.7 Å². The molecular weight excluding hydrogens is 396 g/mol. The SMILES string of the molecule is C[NH+](CC(=O)NC(=O)Nc1ccccc1F)CC(=O)Nc1ccc(F)c(F)c1F. The molecule has 0 aromatic heterocycles. The quantitative estimate of drug-likeness (QED) is 0.421. The molecule has 0 heterocycles. The van der Waals surface area contributed by atoms with Gasteiger partial charge in [0.25, 0.3) is 11.8 Å². The van der Waals surface area contributed by atoms with Gasteiger partial charge >= 0.3 is 6.03 Å². The van der Waals surface area contributed by atoms with Crippen LogP contribution in [0.15, 0.2) is 36.4 Å². The van der Waals surface area contributed by atoms with Crippen LogP contribution in [0.5, 0.6) is 0 Å². The largest absolute Gasteiger partial charge is 0.326 e. The zero-order valence-electron chi connectivity index (χ0n) is 15.1. The second-order valence-corrected chi connectivity index (χ2v) is 6.06. The van der Waals surface area contributed by atoms with Crippen molar-refractivity contribution in [2.24, 2.45) is 0 Å². The van der Waals surface area contributed by atoms with Crippen LogP contribution in [-0.2, 0) is 9.59 Å². The van der Waals surface area contributed by atoms with E-state index in [9.17, 15) is 31.9 Å². The minimum absolute atomic E-state index is 0.119. The van der Waals surface area contributed by atoms with Gasteiger partial charge in [-0.15, -0.1) is 0 Å². The molecule has 2 aromatic carbocycles. The summed E-state index contributed by atoms with van der Waals surface area (Å²) in [7, 11) is 1.44. The van der Waals surface area contributed by atoms with Crippen molar-refractivity contribution in [1.82, 2.24) is 5.32 Å². The van der Waals surface area contributed by atoms with E-state index in [2.05, 4.69) is 10.6 Å². The molecule has 0 fully saturated rings. The van der Waals surface area contributed by atoms with Gasteiger partial charge in [0, 0.05) is 0 Å². The minimum Gasteiger partial charge on any atom is -0.322 e. The molecule has 0 spiro atoms. The first-order chi connectivity index (χ1) is 13.7. The maximum absolute atomic E-state index is 13.5. The fourth-order valence-electron chi connectivity index (χ4n) is 2.31. The molecule has 0 aliphatic rings. The Morgan fingerprint density at radius 3 is 2.14 bits per heavy atom. The predicted molar refractivity (Wildman–Crippen MR) is 95.1 cm³/mol. The molecule has 0 aliphatic heterocycles. The Hall–Kier alpha value is -3.47. The van der Waals surface area contributed by atoms with Gasteiger partial charge in [-0.1, -0.05) is 12.1 Å². The number of quaternary nitrogens is 1. The summed E-state index contributed by atoms with van der Waals surface area (Å²) in [5.41, 5.74) is -0.665. The summed E-state index contributed by atoms with van der Waals surface area (Å²) in [4.78, 5) is 35.7. The second-order valence-electron chi connectivity index (χ2n) is 6.06. The third-order valence-electron chi connectivity index (χ3n) is 3.61. The molecule has 2 aromatic rings. The Bertz CT molecular complexity index is 939. The summed E-state index contributed by atoms with van der Waals surface area (Å²) in [5.74, 6) is -6.87. The predicted octanol–water partition coefficient (Wildman–Crippen LogP) is 1.04. The number of carbonyl (C=O) groups is 3. The highest BCUT2D eigenvalue weighted by molar-refractivity contribution is 6.01. The van der Waals surface area contributed by atoms with Gasteiger partial charge in [-0.2, -0.15) is 0 Å². The number of likely N-dealkylation sites (N-methyl/N-ethyl adjacent to an activating group) is 1. The van der Waals surface area contributed by atoms with E-state index in [0.29, 0.717) is 11.0 Å². The van der Waals surface area contributed by atoms with E-state index in [-0.39, 0.29) is 18.8 Å². The van der Waals surface area contributed by atoms with Gasteiger partial charge < -0.3 is 15.5 Å². The standard InChI is InChI=1S/C18H16F4N4O3/c1-26(8-14(27)23-13-7-6-11(20)16(21)17(13)22)9-15(28)25-18(29)24-12-5-3-2-4-10(12)19/h2-7H,8-9H2,1H3,(H,23,27)(H2,24,25,28,29)/p+1. The van der Waals surface area contributed by atoms with Crippen LogP contribution in [0.4, 0.5) is 33.7 Å². The van der Waals surface area contributed by atoms with E-state index in [1.807, 2.05) is 5.32 Å². The molecule has 0 saturated carbocycles. The summed E-state index contributed by atoms with van der Waals surface area (Å²) < 4.78 is 53.0. The monoisotopic (exact) mass is 413 g/mol. The van der Waals surface area contributed by atoms with Crippen molar-refractivity contribution in [2.45, 2.75) is 0 Å². The first-order valence-corrected chi connectivity index (χ1v) is 8.27. The summed E-state index contributed by atoms with van der Waals surface area (Å²) in [6.45, 7) is -0.654. The smallest absolute Gasteiger partial charge is 0.322 e. The van der Waals surface area contributed by atoms with Gasteiger partial charge in [0.15, 0.2) is 30.5 Å². The lowest BCUT2D eigenvalue weighted by atomic mass is 10.2.